The van der Waals surface area contributed by atoms with E-state index < -0.39 is 0 Å². The van der Waals surface area contributed by atoms with Crippen molar-refractivity contribution in [2.24, 2.45) is 11.7 Å². The lowest BCUT2D eigenvalue weighted by Gasteiger charge is -2.28. The van der Waals surface area contributed by atoms with Crippen LogP contribution in [0.3, 0.4) is 0 Å². The predicted molar refractivity (Wildman–Crippen MR) is 70.4 cm³/mol. The second kappa shape index (κ2) is 5.87. The molecule has 1 aromatic carbocycles. The summed E-state index contributed by atoms with van der Waals surface area (Å²) in [5.41, 5.74) is 6.60. The van der Waals surface area contributed by atoms with Gasteiger partial charge in [-0.25, -0.2) is 0 Å². The fourth-order valence-electron chi connectivity index (χ4n) is 2.53. The molecule has 1 aromatic rings. The molecular weight excluding hydrogens is 228 g/mol. The maximum Gasteiger partial charge on any atom is 0.234 e. The first-order chi connectivity index (χ1) is 8.69. The zero-order valence-electron chi connectivity index (χ0n) is 10.7. The highest BCUT2D eigenvalue weighted by Gasteiger charge is 2.25. The van der Waals surface area contributed by atoms with Gasteiger partial charge in [0, 0.05) is 0 Å². The number of hydrogen-bond donors (Lipinski definition) is 2. The van der Waals surface area contributed by atoms with Crippen molar-refractivity contribution in [2.45, 2.75) is 25.3 Å². The van der Waals surface area contributed by atoms with Crippen LogP contribution >= 0.6 is 0 Å². The number of benzene rings is 1. The van der Waals surface area contributed by atoms with E-state index in [1.807, 2.05) is 12.1 Å². The maximum absolute atomic E-state index is 11.2. The van der Waals surface area contributed by atoms with Crippen LogP contribution < -0.4 is 15.8 Å². The summed E-state index contributed by atoms with van der Waals surface area (Å²) in [6.07, 6.45) is 2.89. The van der Waals surface area contributed by atoms with Crippen LogP contribution in [0.1, 0.15) is 18.4 Å². The van der Waals surface area contributed by atoms with Gasteiger partial charge in [0.1, 0.15) is 5.75 Å². The summed E-state index contributed by atoms with van der Waals surface area (Å²) in [5, 5.41) is 3.16. The van der Waals surface area contributed by atoms with E-state index in [0.717, 1.165) is 31.6 Å². The van der Waals surface area contributed by atoms with Gasteiger partial charge >= 0.3 is 0 Å². The molecule has 1 aliphatic heterocycles. The van der Waals surface area contributed by atoms with Gasteiger partial charge < -0.3 is 15.8 Å². The number of amides is 1. The van der Waals surface area contributed by atoms with Crippen molar-refractivity contribution in [2.75, 3.05) is 13.7 Å². The van der Waals surface area contributed by atoms with Crippen LogP contribution in [0.5, 0.6) is 5.75 Å². The lowest BCUT2D eigenvalue weighted by molar-refractivity contribution is -0.120. The SMILES string of the molecule is COc1cccc(CC2CCNC(C(N)=O)C2)c1. The second-order valence-corrected chi connectivity index (χ2v) is 4.86. The summed E-state index contributed by atoms with van der Waals surface area (Å²) in [6.45, 7) is 0.863. The minimum Gasteiger partial charge on any atom is -0.497 e. The standard InChI is InChI=1S/C14H20N2O2/c1-18-12-4-2-3-10(8-12)7-11-5-6-16-13(9-11)14(15)17/h2-4,8,11,13,16H,5-7,9H2,1H3,(H2,15,17). The van der Waals surface area contributed by atoms with Crippen LogP contribution in [-0.2, 0) is 11.2 Å². The molecule has 1 amide bonds. The van der Waals surface area contributed by atoms with Gasteiger partial charge in [-0.1, -0.05) is 12.1 Å². The van der Waals surface area contributed by atoms with Gasteiger partial charge in [-0.15, -0.1) is 0 Å². The maximum atomic E-state index is 11.2. The zero-order valence-corrected chi connectivity index (χ0v) is 10.7. The number of carbonyl (C=O) groups is 1. The number of rotatable bonds is 4. The Bertz CT molecular complexity index is 420. The van der Waals surface area contributed by atoms with E-state index in [1.165, 1.54) is 5.56 Å². The quantitative estimate of drug-likeness (QED) is 0.838. The van der Waals surface area contributed by atoms with Crippen LogP contribution in [-0.4, -0.2) is 25.6 Å². The van der Waals surface area contributed by atoms with Gasteiger partial charge in [0.2, 0.25) is 5.91 Å². The zero-order chi connectivity index (χ0) is 13.0. The number of piperidine rings is 1. The first-order valence-corrected chi connectivity index (χ1v) is 6.34. The molecule has 1 aliphatic rings. The van der Waals surface area contributed by atoms with Crippen molar-refractivity contribution in [3.63, 3.8) is 0 Å². The molecule has 0 aromatic heterocycles. The first kappa shape index (κ1) is 12.9. The predicted octanol–water partition coefficient (Wildman–Crippen LogP) is 1.09. The van der Waals surface area contributed by atoms with Gasteiger partial charge in [0.25, 0.3) is 0 Å². The van der Waals surface area contributed by atoms with E-state index in [4.69, 9.17) is 10.5 Å². The third kappa shape index (κ3) is 3.23. The highest BCUT2D eigenvalue weighted by molar-refractivity contribution is 5.79. The molecule has 1 saturated heterocycles. The molecule has 0 radical (unpaired) electrons. The largest absolute Gasteiger partial charge is 0.497 e. The number of carbonyl (C=O) groups excluding carboxylic acids is 1. The second-order valence-electron chi connectivity index (χ2n) is 4.86. The molecule has 2 unspecified atom stereocenters. The van der Waals surface area contributed by atoms with Crippen molar-refractivity contribution in [3.05, 3.63) is 29.8 Å². The molecule has 3 N–H and O–H groups in total. The lowest BCUT2D eigenvalue weighted by atomic mass is 9.87. The Hall–Kier alpha value is -1.55. The molecule has 98 valence electrons. The summed E-state index contributed by atoms with van der Waals surface area (Å²) in [4.78, 5) is 11.2. The molecule has 1 fully saturated rings. The summed E-state index contributed by atoms with van der Waals surface area (Å²) in [7, 11) is 1.67. The monoisotopic (exact) mass is 248 g/mol. The average Bonchev–Trinajstić information content (AvgIpc) is 2.39. The normalized spacial score (nSPS) is 23.6. The van der Waals surface area contributed by atoms with Crippen LogP contribution in [0.2, 0.25) is 0 Å². The van der Waals surface area contributed by atoms with Crippen LogP contribution in [0.4, 0.5) is 0 Å². The van der Waals surface area contributed by atoms with E-state index in [1.54, 1.807) is 7.11 Å². The minimum atomic E-state index is -0.245. The Morgan fingerprint density at radius 3 is 3.11 bits per heavy atom. The summed E-state index contributed by atoms with van der Waals surface area (Å²) in [6, 6.07) is 7.93. The van der Waals surface area contributed by atoms with Gasteiger partial charge in [-0.05, 0) is 49.4 Å². The third-order valence-electron chi connectivity index (χ3n) is 3.51. The Morgan fingerprint density at radius 2 is 2.39 bits per heavy atom. The molecule has 0 spiro atoms. The number of methoxy groups -OCH3 is 1. The summed E-state index contributed by atoms with van der Waals surface area (Å²) >= 11 is 0. The molecule has 4 heteroatoms. The molecule has 0 saturated carbocycles. The topological polar surface area (TPSA) is 64.3 Å². The van der Waals surface area contributed by atoms with E-state index in [-0.39, 0.29) is 11.9 Å². The van der Waals surface area contributed by atoms with Gasteiger partial charge in [-0.3, -0.25) is 4.79 Å². The number of ether oxygens (including phenoxy) is 1. The summed E-state index contributed by atoms with van der Waals surface area (Å²) in [5.74, 6) is 1.15. The number of hydrogen-bond acceptors (Lipinski definition) is 3. The van der Waals surface area contributed by atoms with Crippen molar-refractivity contribution < 1.29 is 9.53 Å². The van der Waals surface area contributed by atoms with E-state index in [0.29, 0.717) is 5.92 Å². The Balaban J connectivity index is 1.97. The highest BCUT2D eigenvalue weighted by atomic mass is 16.5. The molecule has 2 atom stereocenters. The fourth-order valence-corrected chi connectivity index (χ4v) is 2.53. The number of primary amides is 1. The lowest BCUT2D eigenvalue weighted by Crippen LogP contribution is -2.47. The van der Waals surface area contributed by atoms with E-state index in [9.17, 15) is 4.79 Å². The van der Waals surface area contributed by atoms with Crippen LogP contribution in [0.15, 0.2) is 24.3 Å². The number of nitrogens with one attached hydrogen (secondary N) is 1. The molecule has 1 heterocycles. The average molecular weight is 248 g/mol. The highest BCUT2D eigenvalue weighted by Crippen LogP contribution is 2.23. The smallest absolute Gasteiger partial charge is 0.234 e. The molecule has 2 rings (SSSR count). The molecular formula is C14H20N2O2. The molecule has 0 aliphatic carbocycles. The molecule has 4 nitrogen and oxygen atoms in total. The van der Waals surface area contributed by atoms with Gasteiger partial charge in [0.15, 0.2) is 0 Å². The van der Waals surface area contributed by atoms with Crippen LogP contribution in [0, 0.1) is 5.92 Å². The Kier molecular flexibility index (Phi) is 4.20. The Morgan fingerprint density at radius 1 is 1.56 bits per heavy atom. The molecule has 18 heavy (non-hydrogen) atoms. The summed E-state index contributed by atoms with van der Waals surface area (Å²) < 4.78 is 5.22. The fraction of sp³-hybridized carbons (Fsp3) is 0.500. The number of nitrogens with two attached hydrogens (primary N) is 1. The van der Waals surface area contributed by atoms with Crippen molar-refractivity contribution in [1.82, 2.24) is 5.32 Å². The first-order valence-electron chi connectivity index (χ1n) is 6.34. The van der Waals surface area contributed by atoms with E-state index in [2.05, 4.69) is 17.4 Å². The Labute approximate surface area is 108 Å². The van der Waals surface area contributed by atoms with Crippen molar-refractivity contribution >= 4 is 5.91 Å². The van der Waals surface area contributed by atoms with Gasteiger partial charge in [0.05, 0.1) is 13.2 Å². The van der Waals surface area contributed by atoms with E-state index >= 15 is 0 Å². The third-order valence-corrected chi connectivity index (χ3v) is 3.51. The van der Waals surface area contributed by atoms with Gasteiger partial charge in [-0.2, -0.15) is 0 Å². The molecule has 0 bridgehead atoms. The van der Waals surface area contributed by atoms with Crippen molar-refractivity contribution in [3.8, 4) is 5.75 Å². The van der Waals surface area contributed by atoms with Crippen LogP contribution in [0.25, 0.3) is 0 Å². The van der Waals surface area contributed by atoms with Crippen molar-refractivity contribution in [1.29, 1.82) is 0 Å². The minimum absolute atomic E-state index is 0.172.